The molecule has 0 saturated heterocycles. The van der Waals surface area contributed by atoms with E-state index in [1.807, 2.05) is 6.08 Å². The first kappa shape index (κ1) is 75.8. The maximum Gasteiger partial charge on any atom is 0.305 e. The Hall–Kier alpha value is -2.18. The van der Waals surface area contributed by atoms with Gasteiger partial charge in [0, 0.05) is 12.8 Å². The zero-order valence-electron chi connectivity index (χ0n) is 52.4. The number of hydrogen-bond donors (Lipinski definition) is 3. The minimum Gasteiger partial charge on any atom is -0.466 e. The molecule has 0 spiro atoms. The Morgan fingerprint density at radius 1 is 0.359 bits per heavy atom. The van der Waals surface area contributed by atoms with Crippen molar-refractivity contribution in [2.24, 2.45) is 0 Å². The second-order valence-electron chi connectivity index (χ2n) is 23.9. The smallest absolute Gasteiger partial charge is 0.305 e. The number of nitrogens with one attached hydrogen (secondary N) is 1. The lowest BCUT2D eigenvalue weighted by atomic mass is 10.0. The van der Waals surface area contributed by atoms with Gasteiger partial charge >= 0.3 is 5.97 Å². The highest BCUT2D eigenvalue weighted by molar-refractivity contribution is 5.76. The molecule has 6 nitrogen and oxygen atoms in total. The van der Waals surface area contributed by atoms with E-state index in [-0.39, 0.29) is 18.5 Å². The molecule has 458 valence electrons. The molecule has 0 aliphatic heterocycles. The predicted octanol–water partition coefficient (Wildman–Crippen LogP) is 22.5. The number of hydrogen-bond acceptors (Lipinski definition) is 5. The monoisotopic (exact) mass is 1090 g/mol. The van der Waals surface area contributed by atoms with Crippen LogP contribution < -0.4 is 5.32 Å². The molecular formula is C72H135NO5. The van der Waals surface area contributed by atoms with Crippen LogP contribution >= 0.6 is 0 Å². The average Bonchev–Trinajstić information content (AvgIpc) is 3.44. The lowest BCUT2D eigenvalue weighted by molar-refractivity contribution is -0.143. The van der Waals surface area contributed by atoms with Crippen LogP contribution in [0.3, 0.4) is 0 Å². The minimum absolute atomic E-state index is 0.00349. The number of carbonyl (C=O) groups excluding carboxylic acids is 2. The topological polar surface area (TPSA) is 95.9 Å². The van der Waals surface area contributed by atoms with Crippen LogP contribution in [0.15, 0.2) is 48.6 Å². The molecule has 0 aromatic heterocycles. The molecule has 2 atom stereocenters. The summed E-state index contributed by atoms with van der Waals surface area (Å²) >= 11 is 0. The Balaban J connectivity index is 3.45. The lowest BCUT2D eigenvalue weighted by Gasteiger charge is -2.20. The third kappa shape index (κ3) is 63.0. The molecule has 6 heteroatoms. The Morgan fingerprint density at radius 3 is 1.03 bits per heavy atom. The first-order chi connectivity index (χ1) is 38.5. The Bertz CT molecular complexity index is 1310. The third-order valence-electron chi connectivity index (χ3n) is 16.1. The maximum atomic E-state index is 12.5. The zero-order valence-corrected chi connectivity index (χ0v) is 52.4. The van der Waals surface area contributed by atoms with Gasteiger partial charge in [0.1, 0.15) is 0 Å². The Morgan fingerprint density at radius 2 is 0.654 bits per heavy atom. The number of unbranched alkanes of at least 4 members (excludes halogenated alkanes) is 48. The van der Waals surface area contributed by atoms with Crippen LogP contribution in [-0.4, -0.2) is 47.4 Å². The summed E-state index contributed by atoms with van der Waals surface area (Å²) in [5.41, 5.74) is 0. The number of allylic oxidation sites excluding steroid dienone is 7. The van der Waals surface area contributed by atoms with Gasteiger partial charge in [-0.25, -0.2) is 0 Å². The largest absolute Gasteiger partial charge is 0.466 e. The van der Waals surface area contributed by atoms with Crippen LogP contribution in [0, 0.1) is 0 Å². The van der Waals surface area contributed by atoms with Crippen molar-refractivity contribution >= 4 is 11.9 Å². The zero-order chi connectivity index (χ0) is 56.4. The van der Waals surface area contributed by atoms with E-state index in [0.717, 1.165) is 57.8 Å². The molecule has 0 aliphatic rings. The molecule has 0 rings (SSSR count). The molecule has 0 fully saturated rings. The van der Waals surface area contributed by atoms with Crippen molar-refractivity contribution in [3.63, 3.8) is 0 Å². The molecule has 2 unspecified atom stereocenters. The molecule has 0 radical (unpaired) electrons. The lowest BCUT2D eigenvalue weighted by Crippen LogP contribution is -2.45. The number of aliphatic hydroxyl groups excluding tert-OH is 2. The molecule has 0 saturated carbocycles. The van der Waals surface area contributed by atoms with Crippen LogP contribution in [-0.2, 0) is 14.3 Å². The normalized spacial score (nSPS) is 12.8. The number of carbonyl (C=O) groups is 2. The van der Waals surface area contributed by atoms with Crippen LogP contribution in [0.5, 0.6) is 0 Å². The molecular weight excluding hydrogens is 959 g/mol. The molecule has 0 heterocycles. The van der Waals surface area contributed by atoms with Crippen molar-refractivity contribution in [3.8, 4) is 0 Å². The number of aliphatic hydroxyl groups is 2. The third-order valence-corrected chi connectivity index (χ3v) is 16.1. The van der Waals surface area contributed by atoms with Gasteiger partial charge in [-0.3, -0.25) is 9.59 Å². The number of ether oxygens (including phenoxy) is 1. The SMILES string of the molecule is CCCC/C=C\C/C=C\CCCCCCCC(=O)OCCCCCCCCCCCCCC/C=C\CCCCCCCCCC(=O)NC(CO)C(O)/C=C/CCCCCCCCCCCCCCCCCCCCCCCC. The standard InChI is InChI=1S/C72H135NO5/c1-3-5-7-9-11-13-15-17-19-20-21-22-23-25-28-31-34-37-40-44-48-52-56-60-64-70(75)69(68-74)73-71(76)65-61-57-53-49-45-41-38-35-32-29-26-24-27-30-33-36-39-43-47-51-55-59-63-67-78-72(77)66-62-58-54-50-46-42-18-16-14-12-10-8-6-4-2/h10,12,16,18,29,32,60,64,69-70,74-75H,3-9,11,13-15,17,19-28,30-31,33-59,61-63,65-68H2,1-2H3,(H,73,76)/b12-10-,18-16-,32-29-,64-60+. The first-order valence-corrected chi connectivity index (χ1v) is 34.9. The van der Waals surface area contributed by atoms with E-state index in [2.05, 4.69) is 55.6 Å². The number of amides is 1. The van der Waals surface area contributed by atoms with Gasteiger partial charge in [0.2, 0.25) is 5.91 Å². The van der Waals surface area contributed by atoms with E-state index in [9.17, 15) is 19.8 Å². The minimum atomic E-state index is -0.851. The molecule has 0 aliphatic carbocycles. The highest BCUT2D eigenvalue weighted by Crippen LogP contribution is 2.18. The molecule has 0 aromatic carbocycles. The van der Waals surface area contributed by atoms with E-state index >= 15 is 0 Å². The average molecular weight is 1090 g/mol. The molecule has 3 N–H and O–H groups in total. The molecule has 0 aromatic rings. The summed E-state index contributed by atoms with van der Waals surface area (Å²) < 4.78 is 5.48. The van der Waals surface area contributed by atoms with Crippen molar-refractivity contribution in [1.29, 1.82) is 0 Å². The fraction of sp³-hybridized carbons (Fsp3) is 0.861. The maximum absolute atomic E-state index is 12.5. The highest BCUT2D eigenvalue weighted by Gasteiger charge is 2.18. The van der Waals surface area contributed by atoms with E-state index in [1.165, 1.54) is 289 Å². The predicted molar refractivity (Wildman–Crippen MR) is 342 cm³/mol. The van der Waals surface area contributed by atoms with Crippen molar-refractivity contribution < 1.29 is 24.5 Å². The van der Waals surface area contributed by atoms with E-state index < -0.39 is 12.1 Å². The summed E-state index contributed by atoms with van der Waals surface area (Å²) in [6.45, 7) is 4.88. The second kappa shape index (κ2) is 67.3. The van der Waals surface area contributed by atoms with Gasteiger partial charge in [-0.2, -0.15) is 0 Å². The fourth-order valence-electron chi connectivity index (χ4n) is 10.7. The van der Waals surface area contributed by atoms with Crippen LogP contribution in [0.4, 0.5) is 0 Å². The van der Waals surface area contributed by atoms with Crippen molar-refractivity contribution in [1.82, 2.24) is 5.32 Å². The number of rotatable bonds is 65. The summed E-state index contributed by atoms with van der Waals surface area (Å²) in [4.78, 5) is 24.6. The Kier molecular flexibility index (Phi) is 65.4. The molecule has 0 bridgehead atoms. The fourth-order valence-corrected chi connectivity index (χ4v) is 10.7. The summed E-state index contributed by atoms with van der Waals surface area (Å²) in [6.07, 6.45) is 87.5. The van der Waals surface area contributed by atoms with E-state index in [1.54, 1.807) is 6.08 Å². The van der Waals surface area contributed by atoms with Crippen LogP contribution in [0.2, 0.25) is 0 Å². The van der Waals surface area contributed by atoms with Gasteiger partial charge in [0.05, 0.1) is 25.4 Å². The van der Waals surface area contributed by atoms with Crippen molar-refractivity contribution in [2.75, 3.05) is 13.2 Å². The van der Waals surface area contributed by atoms with E-state index in [4.69, 9.17) is 4.74 Å². The Labute approximate surface area is 486 Å². The number of esters is 1. The van der Waals surface area contributed by atoms with E-state index in [0.29, 0.717) is 19.4 Å². The summed E-state index contributed by atoms with van der Waals surface area (Å²) in [7, 11) is 0. The van der Waals surface area contributed by atoms with Crippen LogP contribution in [0.1, 0.15) is 373 Å². The van der Waals surface area contributed by atoms with Gasteiger partial charge in [-0.05, 0) is 83.5 Å². The van der Waals surface area contributed by atoms with Gasteiger partial charge in [-0.15, -0.1) is 0 Å². The first-order valence-electron chi connectivity index (χ1n) is 34.9. The molecule has 1 amide bonds. The van der Waals surface area contributed by atoms with Crippen molar-refractivity contribution in [2.45, 2.75) is 386 Å². The second-order valence-corrected chi connectivity index (χ2v) is 23.9. The summed E-state index contributed by atoms with van der Waals surface area (Å²) in [5.74, 6) is -0.0747. The van der Waals surface area contributed by atoms with Gasteiger partial charge in [0.25, 0.3) is 0 Å². The summed E-state index contributed by atoms with van der Waals surface area (Å²) in [6, 6.07) is -0.635. The van der Waals surface area contributed by atoms with Gasteiger partial charge in [0.15, 0.2) is 0 Å². The quantitative estimate of drug-likeness (QED) is 0.0320. The van der Waals surface area contributed by atoms with Gasteiger partial charge < -0.3 is 20.3 Å². The van der Waals surface area contributed by atoms with Gasteiger partial charge in [-0.1, -0.05) is 326 Å². The summed E-state index contributed by atoms with van der Waals surface area (Å²) in [5, 5.41) is 23.3. The van der Waals surface area contributed by atoms with Crippen LogP contribution in [0.25, 0.3) is 0 Å². The highest BCUT2D eigenvalue weighted by atomic mass is 16.5. The molecule has 78 heavy (non-hydrogen) atoms. The van der Waals surface area contributed by atoms with Crippen molar-refractivity contribution in [3.05, 3.63) is 48.6 Å².